The zero-order valence-electron chi connectivity index (χ0n) is 10.7. The number of aromatic nitrogens is 1. The van der Waals surface area contributed by atoms with Gasteiger partial charge in [-0.05, 0) is 35.8 Å². The fraction of sp³-hybridized carbons (Fsp3) is 0.0556. The van der Waals surface area contributed by atoms with Crippen LogP contribution in [0.25, 0.3) is 17.0 Å². The Morgan fingerprint density at radius 2 is 1.68 bits per heavy atom. The minimum Gasteiger partial charge on any atom is -0.248 e. The minimum atomic E-state index is 0.921. The lowest BCUT2D eigenvalue weighted by Crippen LogP contribution is -1.93. The van der Waals surface area contributed by atoms with Crippen LogP contribution in [-0.4, -0.2) is 4.98 Å². The summed E-state index contributed by atoms with van der Waals surface area (Å²) >= 11 is 0. The first kappa shape index (κ1) is 11.7. The van der Waals surface area contributed by atoms with Crippen LogP contribution >= 0.6 is 0 Å². The maximum Gasteiger partial charge on any atom is 0.0712 e. The lowest BCUT2D eigenvalue weighted by Gasteiger charge is -2.08. The average molecular weight is 245 g/mol. The van der Waals surface area contributed by atoms with Gasteiger partial charge in [-0.1, -0.05) is 55.1 Å². The third-order valence-corrected chi connectivity index (χ3v) is 3.27. The molecule has 0 aliphatic carbocycles. The van der Waals surface area contributed by atoms with Crippen LogP contribution in [0.2, 0.25) is 0 Å². The van der Waals surface area contributed by atoms with E-state index in [2.05, 4.69) is 60.1 Å². The molecule has 1 aromatic heterocycles. The molecule has 0 aliphatic heterocycles. The number of hydrogen-bond donors (Lipinski definition) is 0. The highest BCUT2D eigenvalue weighted by atomic mass is 14.7. The van der Waals surface area contributed by atoms with Crippen molar-refractivity contribution in [2.75, 3.05) is 0 Å². The van der Waals surface area contributed by atoms with Crippen LogP contribution in [0.4, 0.5) is 0 Å². The summed E-state index contributed by atoms with van der Waals surface area (Å²) in [4.78, 5) is 4.58. The zero-order chi connectivity index (χ0) is 13.1. The molecule has 0 N–H and O–H groups in total. The molecule has 0 atom stereocenters. The van der Waals surface area contributed by atoms with Crippen molar-refractivity contribution >= 4 is 17.0 Å². The Hall–Kier alpha value is -2.41. The predicted octanol–water partition coefficient (Wildman–Crippen LogP) is 4.47. The Morgan fingerprint density at radius 1 is 0.947 bits per heavy atom. The Labute approximate surface area is 113 Å². The van der Waals surface area contributed by atoms with Crippen molar-refractivity contribution in [3.05, 3.63) is 84.1 Å². The Balaban J connectivity index is 2.13. The van der Waals surface area contributed by atoms with E-state index in [1.807, 2.05) is 12.1 Å². The summed E-state index contributed by atoms with van der Waals surface area (Å²) in [5.41, 5.74) is 4.58. The number of fused-ring (bicyclic) bond motifs is 1. The van der Waals surface area contributed by atoms with Crippen LogP contribution in [0, 0.1) is 0 Å². The quantitative estimate of drug-likeness (QED) is 0.663. The maximum atomic E-state index is 4.58. The van der Waals surface area contributed by atoms with Crippen molar-refractivity contribution in [2.45, 2.75) is 6.42 Å². The third kappa shape index (κ3) is 2.41. The van der Waals surface area contributed by atoms with Gasteiger partial charge in [0.25, 0.3) is 0 Å². The van der Waals surface area contributed by atoms with E-state index in [4.69, 9.17) is 0 Å². The van der Waals surface area contributed by atoms with E-state index in [0.717, 1.165) is 17.6 Å². The molecule has 3 rings (SSSR count). The molecule has 0 radical (unpaired) electrons. The first-order chi connectivity index (χ1) is 9.36. The van der Waals surface area contributed by atoms with Gasteiger partial charge in [0.2, 0.25) is 0 Å². The predicted molar refractivity (Wildman–Crippen MR) is 81.1 cm³/mol. The van der Waals surface area contributed by atoms with E-state index in [-0.39, 0.29) is 0 Å². The lowest BCUT2D eigenvalue weighted by molar-refractivity contribution is 1.19. The summed E-state index contributed by atoms with van der Waals surface area (Å²) in [5, 5.41) is 1.22. The number of hydrogen-bond acceptors (Lipinski definition) is 1. The Morgan fingerprint density at radius 3 is 2.47 bits per heavy atom. The van der Waals surface area contributed by atoms with Crippen molar-refractivity contribution in [1.29, 1.82) is 0 Å². The third-order valence-electron chi connectivity index (χ3n) is 3.27. The highest BCUT2D eigenvalue weighted by Gasteiger charge is 2.04. The summed E-state index contributed by atoms with van der Waals surface area (Å²) in [5.74, 6) is 0. The number of benzene rings is 2. The van der Waals surface area contributed by atoms with Gasteiger partial charge in [-0.25, -0.2) is 4.98 Å². The summed E-state index contributed by atoms with van der Waals surface area (Å²) in [6, 6.07) is 20.9. The van der Waals surface area contributed by atoms with Crippen molar-refractivity contribution in [3.63, 3.8) is 0 Å². The largest absolute Gasteiger partial charge is 0.248 e. The molecule has 1 heteroatoms. The molecule has 0 bridgehead atoms. The van der Waals surface area contributed by atoms with E-state index >= 15 is 0 Å². The Kier molecular flexibility index (Phi) is 3.11. The van der Waals surface area contributed by atoms with Gasteiger partial charge < -0.3 is 0 Å². The van der Waals surface area contributed by atoms with Crippen molar-refractivity contribution in [3.8, 4) is 0 Å². The van der Waals surface area contributed by atoms with E-state index in [0.29, 0.717) is 0 Å². The molecule has 0 saturated heterocycles. The van der Waals surface area contributed by atoms with Crippen molar-refractivity contribution < 1.29 is 0 Å². The average Bonchev–Trinajstić information content (AvgIpc) is 2.48. The van der Waals surface area contributed by atoms with E-state index < -0.39 is 0 Å². The van der Waals surface area contributed by atoms with Gasteiger partial charge in [-0.15, -0.1) is 0 Å². The molecule has 0 fully saturated rings. The van der Waals surface area contributed by atoms with Crippen LogP contribution in [0.3, 0.4) is 0 Å². The number of rotatable bonds is 3. The second-order valence-electron chi connectivity index (χ2n) is 4.59. The molecule has 2 aromatic carbocycles. The topological polar surface area (TPSA) is 12.9 Å². The second kappa shape index (κ2) is 5.07. The van der Waals surface area contributed by atoms with Crippen LogP contribution < -0.4 is 0 Å². The van der Waals surface area contributed by atoms with Crippen molar-refractivity contribution in [2.24, 2.45) is 0 Å². The smallest absolute Gasteiger partial charge is 0.0712 e. The van der Waals surface area contributed by atoms with Gasteiger partial charge in [0.1, 0.15) is 0 Å². The Bertz CT molecular complexity index is 714. The number of para-hydroxylation sites is 1. The lowest BCUT2D eigenvalue weighted by atomic mass is 10.00. The molecule has 19 heavy (non-hydrogen) atoms. The first-order valence-electron chi connectivity index (χ1n) is 6.42. The minimum absolute atomic E-state index is 0.921. The molecule has 3 aromatic rings. The summed E-state index contributed by atoms with van der Waals surface area (Å²) in [7, 11) is 0. The molecule has 92 valence electrons. The fourth-order valence-corrected chi connectivity index (χ4v) is 2.34. The van der Waals surface area contributed by atoms with Gasteiger partial charge in [0.15, 0.2) is 0 Å². The summed E-state index contributed by atoms with van der Waals surface area (Å²) in [6.07, 6.45) is 2.73. The first-order valence-corrected chi connectivity index (χ1v) is 6.42. The highest BCUT2D eigenvalue weighted by Crippen LogP contribution is 2.21. The molecule has 0 amide bonds. The molecular weight excluding hydrogens is 230 g/mol. The molecule has 1 nitrogen and oxygen atoms in total. The van der Waals surface area contributed by atoms with Gasteiger partial charge in [0, 0.05) is 5.39 Å². The molecule has 1 heterocycles. The standard InChI is InChI=1S/C18H15N/c1-2-16-13-15(12-14-8-4-3-5-9-14)17-10-6-7-11-18(17)19-16/h2-11,13H,1,12H2. The fourth-order valence-electron chi connectivity index (χ4n) is 2.34. The van der Waals surface area contributed by atoms with Gasteiger partial charge in [0.05, 0.1) is 11.2 Å². The zero-order valence-corrected chi connectivity index (χ0v) is 10.7. The van der Waals surface area contributed by atoms with Gasteiger partial charge in [-0.2, -0.15) is 0 Å². The molecular formula is C18H15N. The van der Waals surface area contributed by atoms with Gasteiger partial charge >= 0.3 is 0 Å². The monoisotopic (exact) mass is 245 g/mol. The highest BCUT2D eigenvalue weighted by molar-refractivity contribution is 5.83. The van der Waals surface area contributed by atoms with Gasteiger partial charge in [-0.3, -0.25) is 0 Å². The number of nitrogens with zero attached hydrogens (tertiary/aromatic N) is 1. The van der Waals surface area contributed by atoms with Crippen LogP contribution in [0.5, 0.6) is 0 Å². The molecule has 0 spiro atoms. The molecule has 0 aliphatic rings. The van der Waals surface area contributed by atoms with Crippen LogP contribution in [0.1, 0.15) is 16.8 Å². The number of pyridine rings is 1. The SMILES string of the molecule is C=Cc1cc(Cc2ccccc2)c2ccccc2n1. The summed E-state index contributed by atoms with van der Waals surface area (Å²) < 4.78 is 0. The second-order valence-corrected chi connectivity index (χ2v) is 4.59. The summed E-state index contributed by atoms with van der Waals surface area (Å²) in [6.45, 7) is 3.82. The maximum absolute atomic E-state index is 4.58. The molecule has 0 saturated carbocycles. The van der Waals surface area contributed by atoms with E-state index in [1.165, 1.54) is 16.5 Å². The molecule has 0 unspecified atom stereocenters. The van der Waals surface area contributed by atoms with E-state index in [1.54, 1.807) is 6.08 Å². The van der Waals surface area contributed by atoms with E-state index in [9.17, 15) is 0 Å². The van der Waals surface area contributed by atoms with Crippen LogP contribution in [-0.2, 0) is 6.42 Å². The normalized spacial score (nSPS) is 10.5. The van der Waals surface area contributed by atoms with Crippen molar-refractivity contribution in [1.82, 2.24) is 4.98 Å². The van der Waals surface area contributed by atoms with Crippen LogP contribution in [0.15, 0.2) is 67.2 Å².